The van der Waals surface area contributed by atoms with Gasteiger partial charge in [-0.25, -0.2) is 4.98 Å². The predicted octanol–water partition coefficient (Wildman–Crippen LogP) is 15.2. The molecule has 0 saturated carbocycles. The Morgan fingerprint density at radius 1 is 0.259 bits per heavy atom. The largest absolute Gasteiger partial charge is 0.256 e. The van der Waals surface area contributed by atoms with Gasteiger partial charge in [-0.2, -0.15) is 0 Å². The van der Waals surface area contributed by atoms with Crippen molar-refractivity contribution >= 4 is 75.7 Å². The van der Waals surface area contributed by atoms with Crippen LogP contribution in [0, 0.1) is 0 Å². The summed E-state index contributed by atoms with van der Waals surface area (Å²) in [5.74, 6) is 0. The summed E-state index contributed by atoms with van der Waals surface area (Å²) in [6, 6.07) is 72.8. The molecule has 2 aromatic heterocycles. The Labute approximate surface area is 335 Å². The minimum atomic E-state index is 0.941. The first-order valence-electron chi connectivity index (χ1n) is 19.9. The minimum absolute atomic E-state index is 0.941. The molecule has 268 valence electrons. The van der Waals surface area contributed by atoms with Crippen LogP contribution in [0.2, 0.25) is 0 Å². The van der Waals surface area contributed by atoms with Gasteiger partial charge < -0.3 is 0 Å². The van der Waals surface area contributed by atoms with Crippen LogP contribution in [0.5, 0.6) is 0 Å². The third-order valence-corrected chi connectivity index (χ3v) is 12.1. The molecule has 0 radical (unpaired) electrons. The Balaban J connectivity index is 1.17. The van der Waals surface area contributed by atoms with E-state index in [0.29, 0.717) is 0 Å². The average Bonchev–Trinajstić information content (AvgIpc) is 3.30. The molecule has 58 heavy (non-hydrogen) atoms. The molecule has 2 heteroatoms. The molecule has 0 amide bonds. The van der Waals surface area contributed by atoms with Crippen molar-refractivity contribution in [1.29, 1.82) is 0 Å². The molecule has 0 unspecified atom stereocenters. The van der Waals surface area contributed by atoms with Gasteiger partial charge in [0, 0.05) is 33.5 Å². The second-order valence-corrected chi connectivity index (χ2v) is 15.3. The van der Waals surface area contributed by atoms with E-state index >= 15 is 0 Å². The molecule has 0 aliphatic heterocycles. The molecule has 12 rings (SSSR count). The molecule has 2 heterocycles. The van der Waals surface area contributed by atoms with Crippen molar-refractivity contribution in [2.45, 2.75) is 0 Å². The van der Waals surface area contributed by atoms with E-state index in [1.54, 1.807) is 0 Å². The summed E-state index contributed by atoms with van der Waals surface area (Å²) in [4.78, 5) is 10.3. The average molecular weight is 735 g/mol. The molecule has 0 aliphatic rings. The number of hydrogen-bond donors (Lipinski definition) is 0. The van der Waals surface area contributed by atoms with Crippen LogP contribution in [0.1, 0.15) is 0 Å². The lowest BCUT2D eigenvalue weighted by atomic mass is 9.86. The van der Waals surface area contributed by atoms with Gasteiger partial charge in [0.1, 0.15) is 0 Å². The summed E-state index contributed by atoms with van der Waals surface area (Å²) < 4.78 is 0. The van der Waals surface area contributed by atoms with Gasteiger partial charge in [-0.3, -0.25) is 4.98 Å². The monoisotopic (exact) mass is 734 g/mol. The van der Waals surface area contributed by atoms with Crippen molar-refractivity contribution in [1.82, 2.24) is 9.97 Å². The summed E-state index contributed by atoms with van der Waals surface area (Å²) in [5, 5.41) is 14.6. The van der Waals surface area contributed by atoms with Crippen LogP contribution in [0.25, 0.3) is 120 Å². The maximum Gasteiger partial charge on any atom is 0.0794 e. The number of rotatable bonds is 4. The molecule has 0 fully saturated rings. The SMILES string of the molecule is c1cnc2c(-c3ccc(-c4cc(-c5cc6ccccc6c6ccccc56)c5cc(-c6cc7ccccc7c7ccccc67)c6ccccc6c5n4)cc3)cccc2c1. The first-order valence-corrected chi connectivity index (χ1v) is 19.9. The highest BCUT2D eigenvalue weighted by Crippen LogP contribution is 2.45. The number of benzene rings is 10. The third-order valence-electron chi connectivity index (χ3n) is 12.1. The Hall–Kier alpha value is -7.68. The minimum Gasteiger partial charge on any atom is -0.256 e. The van der Waals surface area contributed by atoms with Gasteiger partial charge in [0.15, 0.2) is 0 Å². The zero-order valence-electron chi connectivity index (χ0n) is 31.5. The number of hydrogen-bond acceptors (Lipinski definition) is 2. The van der Waals surface area contributed by atoms with Crippen LogP contribution in [-0.2, 0) is 0 Å². The number of nitrogens with zero attached hydrogens (tertiary/aromatic N) is 2. The van der Waals surface area contributed by atoms with E-state index in [4.69, 9.17) is 9.97 Å². The maximum absolute atomic E-state index is 5.59. The van der Waals surface area contributed by atoms with Gasteiger partial charge in [0.25, 0.3) is 0 Å². The van der Waals surface area contributed by atoms with Crippen molar-refractivity contribution in [3.05, 3.63) is 206 Å². The number of para-hydroxylation sites is 1. The molecular formula is C56H34N2. The highest BCUT2D eigenvalue weighted by Gasteiger charge is 2.20. The Kier molecular flexibility index (Phi) is 7.26. The fraction of sp³-hybridized carbons (Fsp3) is 0. The van der Waals surface area contributed by atoms with Gasteiger partial charge in [0.05, 0.1) is 16.7 Å². The highest BCUT2D eigenvalue weighted by molar-refractivity contribution is 6.23. The summed E-state index contributed by atoms with van der Waals surface area (Å²) in [6.07, 6.45) is 1.87. The number of fused-ring (bicyclic) bond motifs is 10. The second kappa shape index (κ2) is 12.9. The molecule has 0 aliphatic carbocycles. The van der Waals surface area contributed by atoms with Gasteiger partial charge >= 0.3 is 0 Å². The van der Waals surface area contributed by atoms with Crippen LogP contribution in [0.3, 0.4) is 0 Å². The highest BCUT2D eigenvalue weighted by atomic mass is 14.7. The van der Waals surface area contributed by atoms with Gasteiger partial charge in [-0.05, 0) is 107 Å². The maximum atomic E-state index is 5.59. The van der Waals surface area contributed by atoms with Crippen LogP contribution >= 0.6 is 0 Å². The molecule has 2 nitrogen and oxygen atoms in total. The molecular weight excluding hydrogens is 701 g/mol. The standard InChI is InChI=1S/C56H34N2/c1-3-17-40-38(13-1)31-49(45-21-7-5-19-43(40)45)51-33-53-52(50-32-39-14-2-4-18-41(39)44-20-6-8-22-46(44)50)34-54(58-56(53)48-24-10-9-23-47(48)51)36-28-26-35(27-29-36)42-25-11-15-37-16-12-30-57-55(37)42/h1-34H. The van der Waals surface area contributed by atoms with E-state index in [1.165, 1.54) is 70.7 Å². The van der Waals surface area contributed by atoms with Crippen LogP contribution in [-0.4, -0.2) is 9.97 Å². The lowest BCUT2D eigenvalue weighted by Crippen LogP contribution is -1.95. The van der Waals surface area contributed by atoms with E-state index in [1.807, 2.05) is 12.3 Å². The van der Waals surface area contributed by atoms with E-state index in [9.17, 15) is 0 Å². The summed E-state index contributed by atoms with van der Waals surface area (Å²) in [5.41, 5.74) is 11.1. The fourth-order valence-electron chi connectivity index (χ4n) is 9.36. The first-order chi connectivity index (χ1) is 28.8. The molecule has 0 bridgehead atoms. The van der Waals surface area contributed by atoms with Crippen molar-refractivity contribution in [3.63, 3.8) is 0 Å². The Bertz CT molecular complexity index is 3610. The van der Waals surface area contributed by atoms with Crippen molar-refractivity contribution < 1.29 is 0 Å². The normalized spacial score (nSPS) is 11.8. The van der Waals surface area contributed by atoms with Crippen LogP contribution in [0.15, 0.2) is 206 Å². The Morgan fingerprint density at radius 2 is 0.724 bits per heavy atom. The molecule has 0 saturated heterocycles. The number of aromatic nitrogens is 2. The molecule has 0 N–H and O–H groups in total. The molecule has 12 aromatic rings. The lowest BCUT2D eigenvalue weighted by molar-refractivity contribution is 1.40. The third kappa shape index (κ3) is 5.05. The predicted molar refractivity (Wildman–Crippen MR) is 246 cm³/mol. The summed E-state index contributed by atoms with van der Waals surface area (Å²) in [7, 11) is 0. The van der Waals surface area contributed by atoms with Crippen LogP contribution in [0.4, 0.5) is 0 Å². The zero-order chi connectivity index (χ0) is 38.2. The smallest absolute Gasteiger partial charge is 0.0794 e. The molecule has 10 aromatic carbocycles. The number of pyridine rings is 2. The quantitative estimate of drug-likeness (QED) is 0.168. The lowest BCUT2D eigenvalue weighted by Gasteiger charge is -2.19. The zero-order valence-corrected chi connectivity index (χ0v) is 31.5. The fourth-order valence-corrected chi connectivity index (χ4v) is 9.36. The molecule has 0 atom stereocenters. The van der Waals surface area contributed by atoms with Crippen molar-refractivity contribution in [3.8, 4) is 44.6 Å². The topological polar surface area (TPSA) is 25.8 Å². The van der Waals surface area contributed by atoms with E-state index < -0.39 is 0 Å². The van der Waals surface area contributed by atoms with E-state index in [2.05, 4.69) is 194 Å². The molecule has 0 spiro atoms. The van der Waals surface area contributed by atoms with Gasteiger partial charge in [0.2, 0.25) is 0 Å². The van der Waals surface area contributed by atoms with Crippen molar-refractivity contribution in [2.75, 3.05) is 0 Å². The first kappa shape index (κ1) is 32.6. The second-order valence-electron chi connectivity index (χ2n) is 15.3. The van der Waals surface area contributed by atoms with Gasteiger partial charge in [-0.15, -0.1) is 0 Å². The van der Waals surface area contributed by atoms with E-state index in [-0.39, 0.29) is 0 Å². The van der Waals surface area contributed by atoms with Crippen molar-refractivity contribution in [2.24, 2.45) is 0 Å². The van der Waals surface area contributed by atoms with Crippen LogP contribution < -0.4 is 0 Å². The van der Waals surface area contributed by atoms with Gasteiger partial charge in [-0.1, -0.05) is 170 Å². The summed E-state index contributed by atoms with van der Waals surface area (Å²) >= 11 is 0. The van der Waals surface area contributed by atoms with E-state index in [0.717, 1.165) is 49.6 Å². The Morgan fingerprint density at radius 3 is 1.36 bits per heavy atom. The summed E-state index contributed by atoms with van der Waals surface area (Å²) in [6.45, 7) is 0.